The van der Waals surface area contributed by atoms with Crippen molar-refractivity contribution in [2.75, 3.05) is 6.61 Å². The van der Waals surface area contributed by atoms with Gasteiger partial charge >= 0.3 is 11.9 Å². The topological polar surface area (TPSA) is 157 Å². The minimum Gasteiger partial charge on any atom is -0.461 e. The first-order valence-corrected chi connectivity index (χ1v) is 14.7. The summed E-state index contributed by atoms with van der Waals surface area (Å²) in [6.45, 7) is 5.52. The summed E-state index contributed by atoms with van der Waals surface area (Å²) in [5.74, 6) is -2.65. The van der Waals surface area contributed by atoms with Crippen LogP contribution in [0.1, 0.15) is 44.9 Å². The van der Waals surface area contributed by atoms with E-state index in [1.807, 2.05) is 0 Å². The molecule has 3 heterocycles. The van der Waals surface area contributed by atoms with Gasteiger partial charge in [0.25, 0.3) is 17.5 Å². The third-order valence-corrected chi connectivity index (χ3v) is 9.08. The number of fused-ring (bicyclic) bond motifs is 1. The molecular formula is C30H30N4O9S. The van der Waals surface area contributed by atoms with Gasteiger partial charge < -0.3 is 24.2 Å². The van der Waals surface area contributed by atoms with Gasteiger partial charge in [0.2, 0.25) is 5.91 Å². The van der Waals surface area contributed by atoms with E-state index < -0.39 is 57.8 Å². The second kappa shape index (κ2) is 11.8. The smallest absolute Gasteiger partial charge is 0.333 e. The van der Waals surface area contributed by atoms with Crippen LogP contribution in [-0.4, -0.2) is 79.0 Å². The number of nitrogens with zero attached hydrogens (tertiary/aromatic N) is 4. The number of esters is 2. The first kappa shape index (κ1) is 30.7. The molecule has 230 valence electrons. The Hall–Kier alpha value is -4.72. The molecule has 44 heavy (non-hydrogen) atoms. The van der Waals surface area contributed by atoms with E-state index in [1.54, 1.807) is 49.6 Å². The van der Waals surface area contributed by atoms with Gasteiger partial charge in [-0.25, -0.2) is 4.79 Å². The van der Waals surface area contributed by atoms with Crippen LogP contribution in [0.2, 0.25) is 0 Å². The zero-order valence-electron chi connectivity index (χ0n) is 24.4. The van der Waals surface area contributed by atoms with Gasteiger partial charge in [0.05, 0.1) is 4.92 Å². The number of hydrogen-bond acceptors (Lipinski definition) is 10. The van der Waals surface area contributed by atoms with Crippen LogP contribution in [0.25, 0.3) is 0 Å². The molecule has 3 amide bonds. The van der Waals surface area contributed by atoms with Gasteiger partial charge in [-0.05, 0) is 42.5 Å². The SMILES string of the molecule is CC(=O)OCC1=CS[C@H]2C(N3C(=O)C(c4ccccc4)N(C(C)=O)C3(C)C)C(=O)N2C1C(=O)OCc1ccc([N+](=O)[O-])cc1. The summed E-state index contributed by atoms with van der Waals surface area (Å²) in [6.07, 6.45) is 0. The molecule has 3 aliphatic heterocycles. The lowest BCUT2D eigenvalue weighted by molar-refractivity contribution is -0.384. The Morgan fingerprint density at radius 1 is 0.955 bits per heavy atom. The average molecular weight is 623 g/mol. The van der Waals surface area contributed by atoms with E-state index in [1.165, 1.54) is 64.6 Å². The number of nitro benzene ring substituents is 1. The van der Waals surface area contributed by atoms with Crippen molar-refractivity contribution in [3.8, 4) is 0 Å². The summed E-state index contributed by atoms with van der Waals surface area (Å²) in [5.41, 5.74) is 0.128. The number of nitro groups is 1. The van der Waals surface area contributed by atoms with Crippen molar-refractivity contribution in [1.29, 1.82) is 0 Å². The van der Waals surface area contributed by atoms with E-state index in [4.69, 9.17) is 9.47 Å². The number of carbonyl (C=O) groups excluding carboxylic acids is 5. The number of rotatable bonds is 8. The molecule has 0 aliphatic carbocycles. The Labute approximate surface area is 256 Å². The molecule has 0 aromatic heterocycles. The second-order valence-electron chi connectivity index (χ2n) is 11.0. The lowest BCUT2D eigenvalue weighted by Gasteiger charge is -2.56. The number of hydrogen-bond donors (Lipinski definition) is 0. The molecule has 2 aromatic carbocycles. The van der Waals surface area contributed by atoms with Gasteiger partial charge in [0.1, 0.15) is 36.3 Å². The highest BCUT2D eigenvalue weighted by atomic mass is 32.2. The summed E-state index contributed by atoms with van der Waals surface area (Å²) in [6, 6.07) is 11.2. The summed E-state index contributed by atoms with van der Waals surface area (Å²) in [7, 11) is 0. The first-order chi connectivity index (χ1) is 20.8. The standard InChI is InChI=1S/C30H30N4O9S/c1-17(35)32-23(20-8-6-5-7-9-20)27(38)33(30(32,3)4)25-26(37)31-24(21(15-42-18(2)36)16-44-28(25)31)29(39)43-14-19-10-12-22(13-11-19)34(40)41/h5-13,16,23-25,28H,14-15H2,1-4H3/t23?,24?,25?,28-/m0/s1. The van der Waals surface area contributed by atoms with E-state index in [2.05, 4.69) is 0 Å². The van der Waals surface area contributed by atoms with Crippen molar-refractivity contribution in [2.45, 2.75) is 63.5 Å². The fraction of sp³-hybridized carbons (Fsp3) is 0.367. The van der Waals surface area contributed by atoms with E-state index in [9.17, 15) is 34.1 Å². The molecule has 0 N–H and O–H groups in total. The number of ether oxygens (including phenoxy) is 2. The van der Waals surface area contributed by atoms with Gasteiger partial charge in [-0.2, -0.15) is 0 Å². The van der Waals surface area contributed by atoms with E-state index in [0.717, 1.165) is 0 Å². The maximum Gasteiger partial charge on any atom is 0.333 e. The number of carbonyl (C=O) groups is 5. The highest BCUT2D eigenvalue weighted by Crippen LogP contribution is 2.49. The number of thioether (sulfide) groups is 1. The number of amides is 3. The van der Waals surface area contributed by atoms with Crippen LogP contribution in [-0.2, 0) is 40.1 Å². The highest BCUT2D eigenvalue weighted by molar-refractivity contribution is 8.03. The van der Waals surface area contributed by atoms with Gasteiger partial charge in [-0.15, -0.1) is 11.8 Å². The van der Waals surface area contributed by atoms with Crippen LogP contribution in [0, 0.1) is 10.1 Å². The zero-order chi connectivity index (χ0) is 31.9. The Balaban J connectivity index is 1.42. The molecule has 0 bridgehead atoms. The van der Waals surface area contributed by atoms with Gasteiger partial charge in [-0.3, -0.25) is 29.3 Å². The minimum atomic E-state index is -1.24. The van der Waals surface area contributed by atoms with Gasteiger partial charge in [-0.1, -0.05) is 30.3 Å². The van der Waals surface area contributed by atoms with Crippen molar-refractivity contribution in [1.82, 2.24) is 14.7 Å². The lowest BCUT2D eigenvalue weighted by Crippen LogP contribution is -2.76. The molecule has 5 rings (SSSR count). The molecule has 0 radical (unpaired) electrons. The minimum absolute atomic E-state index is 0.117. The lowest BCUT2D eigenvalue weighted by atomic mass is 9.95. The molecule has 13 nitrogen and oxygen atoms in total. The van der Waals surface area contributed by atoms with E-state index >= 15 is 0 Å². The van der Waals surface area contributed by atoms with Crippen LogP contribution >= 0.6 is 11.8 Å². The van der Waals surface area contributed by atoms with Gasteiger partial charge in [0, 0.05) is 31.6 Å². The Morgan fingerprint density at radius 2 is 1.61 bits per heavy atom. The first-order valence-electron chi connectivity index (χ1n) is 13.7. The Kier molecular flexibility index (Phi) is 8.21. The largest absolute Gasteiger partial charge is 0.461 e. The van der Waals surface area contributed by atoms with Crippen LogP contribution in [0.15, 0.2) is 65.6 Å². The average Bonchev–Trinajstić information content (AvgIpc) is 3.19. The predicted molar refractivity (Wildman–Crippen MR) is 156 cm³/mol. The maximum atomic E-state index is 14.0. The summed E-state index contributed by atoms with van der Waals surface area (Å²) >= 11 is 1.20. The van der Waals surface area contributed by atoms with Crippen molar-refractivity contribution in [2.24, 2.45) is 0 Å². The molecule has 3 aliphatic rings. The summed E-state index contributed by atoms with van der Waals surface area (Å²) in [4.78, 5) is 80.5. The second-order valence-corrected chi connectivity index (χ2v) is 12.0. The summed E-state index contributed by atoms with van der Waals surface area (Å²) < 4.78 is 10.7. The molecular weight excluding hydrogens is 592 g/mol. The number of β-lactam (4-membered cyclic amide) rings is 1. The Bertz CT molecular complexity index is 1560. The predicted octanol–water partition coefficient (Wildman–Crippen LogP) is 2.91. The fourth-order valence-corrected chi connectivity index (χ4v) is 7.20. The third-order valence-electron chi connectivity index (χ3n) is 7.87. The van der Waals surface area contributed by atoms with Crippen LogP contribution in [0.3, 0.4) is 0 Å². The molecule has 2 saturated heterocycles. The molecule has 14 heteroatoms. The van der Waals surface area contributed by atoms with Crippen LogP contribution < -0.4 is 0 Å². The van der Waals surface area contributed by atoms with Crippen molar-refractivity contribution in [3.63, 3.8) is 0 Å². The van der Waals surface area contributed by atoms with Crippen LogP contribution in [0.5, 0.6) is 0 Å². The number of benzene rings is 2. The monoisotopic (exact) mass is 622 g/mol. The number of non-ortho nitro benzene ring substituents is 1. The van der Waals surface area contributed by atoms with Crippen molar-refractivity contribution < 1.29 is 38.4 Å². The highest BCUT2D eigenvalue weighted by Gasteiger charge is 2.65. The van der Waals surface area contributed by atoms with Crippen molar-refractivity contribution in [3.05, 3.63) is 86.8 Å². The quantitative estimate of drug-likeness (QED) is 0.186. The summed E-state index contributed by atoms with van der Waals surface area (Å²) in [5, 5.41) is 11.9. The van der Waals surface area contributed by atoms with Gasteiger partial charge in [0.15, 0.2) is 6.04 Å². The van der Waals surface area contributed by atoms with Crippen molar-refractivity contribution >= 4 is 47.1 Å². The third kappa shape index (κ3) is 5.29. The van der Waals surface area contributed by atoms with Crippen LogP contribution in [0.4, 0.5) is 5.69 Å². The molecule has 0 spiro atoms. The van der Waals surface area contributed by atoms with E-state index in [0.29, 0.717) is 16.7 Å². The Morgan fingerprint density at radius 3 is 2.20 bits per heavy atom. The normalized spacial score (nSPS) is 23.8. The molecule has 2 aromatic rings. The zero-order valence-corrected chi connectivity index (χ0v) is 25.2. The molecule has 2 fully saturated rings. The van der Waals surface area contributed by atoms with E-state index in [-0.39, 0.29) is 24.8 Å². The molecule has 0 saturated carbocycles. The fourth-order valence-electron chi connectivity index (χ4n) is 5.95. The molecule has 4 atom stereocenters. The molecule has 3 unspecified atom stereocenters. The maximum absolute atomic E-state index is 14.0.